The van der Waals surface area contributed by atoms with Gasteiger partial charge in [-0.1, -0.05) is 11.6 Å². The van der Waals surface area contributed by atoms with Crippen LogP contribution in [0, 0.1) is 5.82 Å². The number of carbonyl (C=O) groups is 1. The molecule has 0 N–H and O–H groups in total. The van der Waals surface area contributed by atoms with Gasteiger partial charge in [-0.25, -0.2) is 14.2 Å². The predicted octanol–water partition coefficient (Wildman–Crippen LogP) is 2.72. The number of rotatable bonds is 2. The molecule has 92 valence electrons. The number of carbonyl (C=O) groups excluding carboxylic acids is 1. The number of benzene rings is 1. The number of methoxy groups -OCH3 is 1. The first-order valence-corrected chi connectivity index (χ1v) is 5.35. The lowest BCUT2D eigenvalue weighted by Crippen LogP contribution is -2.02. The lowest BCUT2D eigenvalue weighted by molar-refractivity contribution is 0.0600. The largest absolute Gasteiger partial charge is 0.465 e. The average Bonchev–Trinajstić information content (AvgIpc) is 2.37. The monoisotopic (exact) mass is 266 g/mol. The molecule has 1 heterocycles. The third-order valence-electron chi connectivity index (χ3n) is 2.22. The van der Waals surface area contributed by atoms with Crippen LogP contribution in [0.3, 0.4) is 0 Å². The van der Waals surface area contributed by atoms with Gasteiger partial charge in [-0.15, -0.1) is 0 Å². The fourth-order valence-corrected chi connectivity index (χ4v) is 1.60. The van der Waals surface area contributed by atoms with Gasteiger partial charge < -0.3 is 4.74 Å². The maximum absolute atomic E-state index is 13.4. The quantitative estimate of drug-likeness (QED) is 0.784. The molecule has 0 aliphatic heterocycles. The normalized spacial score (nSPS) is 10.2. The van der Waals surface area contributed by atoms with Gasteiger partial charge in [0.25, 0.3) is 0 Å². The summed E-state index contributed by atoms with van der Waals surface area (Å²) in [4.78, 5) is 19.2. The van der Waals surface area contributed by atoms with Gasteiger partial charge in [-0.3, -0.25) is 4.98 Å². The summed E-state index contributed by atoms with van der Waals surface area (Å²) in [5, 5.41) is 0.191. The minimum absolute atomic E-state index is 0.106. The number of esters is 1. The van der Waals surface area contributed by atoms with Crippen molar-refractivity contribution in [1.29, 1.82) is 0 Å². The van der Waals surface area contributed by atoms with Crippen LogP contribution in [-0.2, 0) is 4.74 Å². The molecule has 1 aromatic carbocycles. The van der Waals surface area contributed by atoms with Gasteiger partial charge >= 0.3 is 5.97 Å². The van der Waals surface area contributed by atoms with Crippen LogP contribution >= 0.6 is 11.6 Å². The summed E-state index contributed by atoms with van der Waals surface area (Å²) in [5.41, 5.74) is 0.895. The summed E-state index contributed by atoms with van der Waals surface area (Å²) in [6.45, 7) is 0. The van der Waals surface area contributed by atoms with Gasteiger partial charge in [0.2, 0.25) is 0 Å². The number of ether oxygens (including phenoxy) is 1. The van der Waals surface area contributed by atoms with E-state index in [0.717, 1.165) is 6.07 Å². The molecular formula is C12H8ClFN2O2. The Morgan fingerprint density at radius 3 is 2.78 bits per heavy atom. The van der Waals surface area contributed by atoms with Crippen LogP contribution in [0.4, 0.5) is 4.39 Å². The molecule has 1 aromatic heterocycles. The number of halogens is 2. The molecule has 6 heteroatoms. The van der Waals surface area contributed by atoms with E-state index in [2.05, 4.69) is 14.7 Å². The van der Waals surface area contributed by atoms with Crippen LogP contribution in [0.1, 0.15) is 10.4 Å². The zero-order valence-corrected chi connectivity index (χ0v) is 10.1. The van der Waals surface area contributed by atoms with Crippen LogP contribution in [0.15, 0.2) is 30.6 Å². The molecule has 4 nitrogen and oxygen atoms in total. The second kappa shape index (κ2) is 5.10. The van der Waals surface area contributed by atoms with E-state index in [-0.39, 0.29) is 10.7 Å². The van der Waals surface area contributed by atoms with E-state index in [4.69, 9.17) is 11.6 Å². The second-order valence-corrected chi connectivity index (χ2v) is 3.83. The third-order valence-corrected chi connectivity index (χ3v) is 2.40. The van der Waals surface area contributed by atoms with Crippen LogP contribution in [0.5, 0.6) is 0 Å². The van der Waals surface area contributed by atoms with E-state index in [1.807, 2.05) is 0 Å². The van der Waals surface area contributed by atoms with E-state index >= 15 is 0 Å². The summed E-state index contributed by atoms with van der Waals surface area (Å²) >= 11 is 5.71. The summed E-state index contributed by atoms with van der Waals surface area (Å²) < 4.78 is 18.0. The van der Waals surface area contributed by atoms with Crippen molar-refractivity contribution in [3.63, 3.8) is 0 Å². The van der Waals surface area contributed by atoms with Gasteiger partial charge in [0.1, 0.15) is 11.0 Å². The van der Waals surface area contributed by atoms with Gasteiger partial charge in [-0.05, 0) is 18.2 Å². The van der Waals surface area contributed by atoms with Crippen molar-refractivity contribution in [3.8, 4) is 11.3 Å². The fourth-order valence-electron chi connectivity index (χ4n) is 1.45. The van der Waals surface area contributed by atoms with Gasteiger partial charge in [-0.2, -0.15) is 0 Å². The molecule has 0 unspecified atom stereocenters. The van der Waals surface area contributed by atoms with Crippen LogP contribution in [-0.4, -0.2) is 23.0 Å². The maximum atomic E-state index is 13.4. The summed E-state index contributed by atoms with van der Waals surface area (Å²) in [6, 6.07) is 3.80. The molecule has 0 aliphatic rings. The number of aromatic nitrogens is 2. The van der Waals surface area contributed by atoms with Crippen molar-refractivity contribution in [3.05, 3.63) is 47.1 Å². The molecule has 0 fully saturated rings. The summed E-state index contributed by atoms with van der Waals surface area (Å²) in [5.74, 6) is -1.18. The van der Waals surface area contributed by atoms with Crippen molar-refractivity contribution in [1.82, 2.24) is 9.97 Å². The first-order valence-electron chi connectivity index (χ1n) is 4.97. The Labute approximate surface area is 107 Å². The van der Waals surface area contributed by atoms with Gasteiger partial charge in [0, 0.05) is 5.56 Å². The Bertz CT molecular complexity index is 604. The SMILES string of the molecule is COC(=O)c1cc(F)cc(-c2cncc(Cl)n2)c1. The molecular weight excluding hydrogens is 259 g/mol. The number of hydrogen-bond donors (Lipinski definition) is 0. The fraction of sp³-hybridized carbons (Fsp3) is 0.0833. The molecule has 0 spiro atoms. The highest BCUT2D eigenvalue weighted by atomic mass is 35.5. The van der Waals surface area contributed by atoms with E-state index in [1.54, 1.807) is 0 Å². The predicted molar refractivity (Wildman–Crippen MR) is 63.8 cm³/mol. The first kappa shape index (κ1) is 12.4. The molecule has 0 saturated carbocycles. The number of nitrogens with zero attached hydrogens (tertiary/aromatic N) is 2. The van der Waals surface area contributed by atoms with Gasteiger partial charge in [0.05, 0.1) is 30.8 Å². The molecule has 2 aromatic rings. The third kappa shape index (κ3) is 2.62. The Kier molecular flexibility index (Phi) is 3.53. The van der Waals surface area contributed by atoms with Crippen molar-refractivity contribution in [2.24, 2.45) is 0 Å². The molecule has 0 radical (unpaired) electrons. The lowest BCUT2D eigenvalue weighted by atomic mass is 10.1. The molecule has 0 atom stereocenters. The van der Waals surface area contributed by atoms with E-state index in [0.29, 0.717) is 11.3 Å². The Balaban J connectivity index is 2.51. The van der Waals surface area contributed by atoms with Crippen LogP contribution in [0.25, 0.3) is 11.3 Å². The minimum atomic E-state index is -0.620. The van der Waals surface area contributed by atoms with Crippen LogP contribution in [0.2, 0.25) is 5.15 Å². The van der Waals surface area contributed by atoms with Crippen molar-refractivity contribution >= 4 is 17.6 Å². The number of hydrogen-bond acceptors (Lipinski definition) is 4. The van der Waals surface area contributed by atoms with E-state index in [9.17, 15) is 9.18 Å². The van der Waals surface area contributed by atoms with Crippen molar-refractivity contribution in [2.75, 3.05) is 7.11 Å². The van der Waals surface area contributed by atoms with Crippen molar-refractivity contribution in [2.45, 2.75) is 0 Å². The minimum Gasteiger partial charge on any atom is -0.465 e. The average molecular weight is 267 g/mol. The first-order chi connectivity index (χ1) is 8.60. The molecule has 0 saturated heterocycles. The molecule has 18 heavy (non-hydrogen) atoms. The maximum Gasteiger partial charge on any atom is 0.337 e. The van der Waals surface area contributed by atoms with E-state index in [1.165, 1.54) is 31.6 Å². The highest BCUT2D eigenvalue weighted by molar-refractivity contribution is 6.29. The van der Waals surface area contributed by atoms with Crippen molar-refractivity contribution < 1.29 is 13.9 Å². The highest BCUT2D eigenvalue weighted by Gasteiger charge is 2.11. The summed E-state index contributed by atoms with van der Waals surface area (Å²) in [7, 11) is 1.23. The highest BCUT2D eigenvalue weighted by Crippen LogP contribution is 2.21. The zero-order chi connectivity index (χ0) is 13.1. The molecule has 0 amide bonds. The summed E-state index contributed by atoms with van der Waals surface area (Å²) in [6.07, 6.45) is 2.80. The molecule has 0 aliphatic carbocycles. The zero-order valence-electron chi connectivity index (χ0n) is 9.35. The Hall–Kier alpha value is -2.01. The Morgan fingerprint density at radius 1 is 1.33 bits per heavy atom. The van der Waals surface area contributed by atoms with E-state index < -0.39 is 11.8 Å². The smallest absolute Gasteiger partial charge is 0.337 e. The molecule has 2 rings (SSSR count). The topological polar surface area (TPSA) is 52.1 Å². The molecule has 0 bridgehead atoms. The lowest BCUT2D eigenvalue weighted by Gasteiger charge is -2.04. The second-order valence-electron chi connectivity index (χ2n) is 3.45. The van der Waals surface area contributed by atoms with Crippen LogP contribution < -0.4 is 0 Å². The van der Waals surface area contributed by atoms with Gasteiger partial charge in [0.15, 0.2) is 0 Å². The standard InChI is InChI=1S/C12H8ClFN2O2/c1-18-12(17)8-2-7(3-9(14)4-8)10-5-15-6-11(13)16-10/h2-6H,1H3. The Morgan fingerprint density at radius 2 is 2.11 bits per heavy atom.